The summed E-state index contributed by atoms with van der Waals surface area (Å²) in [6, 6.07) is 12.3. The van der Waals surface area contributed by atoms with E-state index in [1.807, 2.05) is 38.4 Å². The third kappa shape index (κ3) is 3.36. The summed E-state index contributed by atoms with van der Waals surface area (Å²) in [5, 5.41) is 2.75. The normalized spacial score (nSPS) is 12.2. The van der Waals surface area contributed by atoms with Gasteiger partial charge in [0, 0.05) is 5.69 Å². The van der Waals surface area contributed by atoms with E-state index in [0.29, 0.717) is 0 Å². The molecule has 0 atom stereocenters. The summed E-state index contributed by atoms with van der Waals surface area (Å²) in [6.45, 7) is 2.13. The second-order valence-electron chi connectivity index (χ2n) is 4.81. The Morgan fingerprint density at radius 3 is 2.55 bits per heavy atom. The second-order valence-corrected chi connectivity index (χ2v) is 4.81. The number of aryl methyl sites for hydroxylation is 3. The van der Waals surface area contributed by atoms with Crippen LogP contribution in [0.25, 0.3) is 0 Å². The highest BCUT2D eigenvalue weighted by atomic mass is 16.5. The standard InChI is InChI=1S/C15H15NO.C2H7N/c1-2-12-8-10-15-13(16-12)9-7-11-5-3-4-6-14(11)17-15;1-3-2/h3-6,8,10H,2,7,9H2,1H3;3H,1-2H3. The zero-order valence-corrected chi connectivity index (χ0v) is 12.4. The van der Waals surface area contributed by atoms with Gasteiger partial charge in [-0.05, 0) is 57.1 Å². The average Bonchev–Trinajstić information content (AvgIpc) is 2.66. The fourth-order valence-electron chi connectivity index (χ4n) is 2.18. The quantitative estimate of drug-likeness (QED) is 0.862. The van der Waals surface area contributed by atoms with Gasteiger partial charge in [0.15, 0.2) is 0 Å². The van der Waals surface area contributed by atoms with Crippen LogP contribution < -0.4 is 10.1 Å². The lowest BCUT2D eigenvalue weighted by Crippen LogP contribution is -1.96. The van der Waals surface area contributed by atoms with E-state index in [4.69, 9.17) is 4.74 Å². The number of hydrogen-bond donors (Lipinski definition) is 1. The van der Waals surface area contributed by atoms with Gasteiger partial charge >= 0.3 is 0 Å². The third-order valence-corrected chi connectivity index (χ3v) is 3.18. The summed E-state index contributed by atoms with van der Waals surface area (Å²) in [5.41, 5.74) is 3.49. The fraction of sp³-hybridized carbons (Fsp3) is 0.353. The Morgan fingerprint density at radius 2 is 1.80 bits per heavy atom. The van der Waals surface area contributed by atoms with E-state index in [1.165, 1.54) is 5.56 Å². The van der Waals surface area contributed by atoms with E-state index in [1.54, 1.807) is 0 Å². The Balaban J connectivity index is 0.000000452. The van der Waals surface area contributed by atoms with Crippen LogP contribution in [0.15, 0.2) is 36.4 Å². The molecule has 2 aromatic rings. The molecule has 0 saturated heterocycles. The van der Waals surface area contributed by atoms with Crippen molar-refractivity contribution < 1.29 is 4.74 Å². The number of hydrogen-bond acceptors (Lipinski definition) is 3. The summed E-state index contributed by atoms with van der Waals surface area (Å²) >= 11 is 0. The van der Waals surface area contributed by atoms with Crippen molar-refractivity contribution in [3.8, 4) is 11.5 Å². The van der Waals surface area contributed by atoms with Crippen LogP contribution in [0.4, 0.5) is 0 Å². The highest BCUT2D eigenvalue weighted by Crippen LogP contribution is 2.32. The highest BCUT2D eigenvalue weighted by Gasteiger charge is 2.15. The lowest BCUT2D eigenvalue weighted by atomic mass is 10.1. The molecular formula is C17H22N2O. The maximum absolute atomic E-state index is 5.94. The average molecular weight is 270 g/mol. The molecule has 0 radical (unpaired) electrons. The summed E-state index contributed by atoms with van der Waals surface area (Å²) in [4.78, 5) is 4.65. The Morgan fingerprint density at radius 1 is 1.05 bits per heavy atom. The van der Waals surface area contributed by atoms with Crippen LogP contribution in [0.2, 0.25) is 0 Å². The number of para-hydroxylation sites is 1. The number of ether oxygens (including phenoxy) is 1. The molecule has 3 rings (SSSR count). The minimum atomic E-state index is 0.909. The molecule has 106 valence electrons. The van der Waals surface area contributed by atoms with Crippen LogP contribution in [-0.2, 0) is 19.3 Å². The first-order valence-electron chi connectivity index (χ1n) is 7.11. The van der Waals surface area contributed by atoms with Gasteiger partial charge in [0.25, 0.3) is 0 Å². The van der Waals surface area contributed by atoms with E-state index in [0.717, 1.165) is 42.1 Å². The van der Waals surface area contributed by atoms with Crippen LogP contribution in [-0.4, -0.2) is 19.1 Å². The summed E-state index contributed by atoms with van der Waals surface area (Å²) in [6.07, 6.45) is 2.93. The van der Waals surface area contributed by atoms with Gasteiger partial charge < -0.3 is 10.1 Å². The first-order chi connectivity index (χ1) is 9.78. The van der Waals surface area contributed by atoms with Crippen molar-refractivity contribution in [2.24, 2.45) is 0 Å². The van der Waals surface area contributed by atoms with Gasteiger partial charge in [0.2, 0.25) is 0 Å². The van der Waals surface area contributed by atoms with E-state index in [9.17, 15) is 0 Å². The molecule has 3 heteroatoms. The van der Waals surface area contributed by atoms with Crippen LogP contribution in [0.3, 0.4) is 0 Å². The van der Waals surface area contributed by atoms with E-state index < -0.39 is 0 Å². The van der Waals surface area contributed by atoms with Crippen molar-refractivity contribution >= 4 is 0 Å². The number of aromatic nitrogens is 1. The second kappa shape index (κ2) is 7.06. The minimum Gasteiger partial charge on any atom is -0.455 e. The Hall–Kier alpha value is -1.87. The molecule has 0 amide bonds. The molecule has 0 saturated carbocycles. The Kier molecular flexibility index (Phi) is 5.13. The van der Waals surface area contributed by atoms with Gasteiger partial charge in [-0.15, -0.1) is 0 Å². The molecule has 20 heavy (non-hydrogen) atoms. The molecule has 1 aromatic heterocycles. The Labute approximate surface area is 121 Å². The fourth-order valence-corrected chi connectivity index (χ4v) is 2.18. The minimum absolute atomic E-state index is 0.909. The maximum atomic E-state index is 5.94. The lowest BCUT2D eigenvalue weighted by molar-refractivity contribution is 0.476. The number of fused-ring (bicyclic) bond motifs is 2. The van der Waals surface area contributed by atoms with Gasteiger partial charge in [0.1, 0.15) is 11.5 Å². The van der Waals surface area contributed by atoms with E-state index in [2.05, 4.69) is 29.4 Å². The predicted molar refractivity (Wildman–Crippen MR) is 82.5 cm³/mol. The topological polar surface area (TPSA) is 34.1 Å². The van der Waals surface area contributed by atoms with Crippen molar-refractivity contribution in [3.05, 3.63) is 53.3 Å². The largest absolute Gasteiger partial charge is 0.455 e. The Bertz CT molecular complexity index is 567. The molecule has 0 bridgehead atoms. The van der Waals surface area contributed by atoms with Gasteiger partial charge in [-0.1, -0.05) is 25.1 Å². The first kappa shape index (κ1) is 14.5. The van der Waals surface area contributed by atoms with Crippen molar-refractivity contribution in [3.63, 3.8) is 0 Å². The number of benzene rings is 1. The molecule has 1 aliphatic heterocycles. The van der Waals surface area contributed by atoms with Gasteiger partial charge in [0.05, 0.1) is 5.69 Å². The van der Waals surface area contributed by atoms with Crippen LogP contribution in [0, 0.1) is 0 Å². The zero-order chi connectivity index (χ0) is 14.4. The number of nitrogens with one attached hydrogen (secondary N) is 1. The summed E-state index contributed by atoms with van der Waals surface area (Å²) < 4.78 is 5.94. The zero-order valence-electron chi connectivity index (χ0n) is 12.4. The molecular weight excluding hydrogens is 248 g/mol. The predicted octanol–water partition coefficient (Wildman–Crippen LogP) is 3.37. The van der Waals surface area contributed by atoms with Crippen molar-refractivity contribution in [2.75, 3.05) is 14.1 Å². The SMILES string of the molecule is CCc1ccc2c(n1)CCc1ccccc1O2.CNC. The van der Waals surface area contributed by atoms with Crippen molar-refractivity contribution in [1.82, 2.24) is 10.3 Å². The first-order valence-corrected chi connectivity index (χ1v) is 7.11. The lowest BCUT2D eigenvalue weighted by Gasteiger charge is -2.08. The van der Waals surface area contributed by atoms with E-state index >= 15 is 0 Å². The van der Waals surface area contributed by atoms with Crippen LogP contribution in [0.1, 0.15) is 23.9 Å². The van der Waals surface area contributed by atoms with Crippen molar-refractivity contribution in [1.29, 1.82) is 0 Å². The van der Waals surface area contributed by atoms with Gasteiger partial charge in [-0.2, -0.15) is 0 Å². The maximum Gasteiger partial charge on any atom is 0.148 e. The van der Waals surface area contributed by atoms with Gasteiger partial charge in [-0.3, -0.25) is 4.98 Å². The third-order valence-electron chi connectivity index (χ3n) is 3.18. The molecule has 2 heterocycles. The molecule has 0 aliphatic carbocycles. The molecule has 0 unspecified atom stereocenters. The van der Waals surface area contributed by atoms with Crippen molar-refractivity contribution in [2.45, 2.75) is 26.2 Å². The summed E-state index contributed by atoms with van der Waals surface area (Å²) in [5.74, 6) is 1.88. The molecule has 1 N–H and O–H groups in total. The molecule has 3 nitrogen and oxygen atoms in total. The van der Waals surface area contributed by atoms with E-state index in [-0.39, 0.29) is 0 Å². The molecule has 1 aromatic carbocycles. The monoisotopic (exact) mass is 270 g/mol. The highest BCUT2D eigenvalue weighted by molar-refractivity contribution is 5.43. The number of nitrogens with zero attached hydrogens (tertiary/aromatic N) is 1. The van der Waals surface area contributed by atoms with Gasteiger partial charge in [-0.25, -0.2) is 0 Å². The molecule has 1 aliphatic rings. The van der Waals surface area contributed by atoms with Crippen LogP contribution >= 0.6 is 0 Å². The molecule has 0 spiro atoms. The smallest absolute Gasteiger partial charge is 0.148 e. The van der Waals surface area contributed by atoms with Crippen LogP contribution in [0.5, 0.6) is 11.5 Å². The summed E-state index contributed by atoms with van der Waals surface area (Å²) in [7, 11) is 3.75. The molecule has 0 fully saturated rings. The number of rotatable bonds is 1. The number of pyridine rings is 1.